The molecule has 1 aliphatic rings. The van der Waals surface area contributed by atoms with Crippen LogP contribution in [0.2, 0.25) is 0 Å². The topological polar surface area (TPSA) is 21.6 Å². The lowest BCUT2D eigenvalue weighted by atomic mass is 9.94. The minimum absolute atomic E-state index is 0.377. The Kier molecular flexibility index (Phi) is 2.00. The predicted molar refractivity (Wildman–Crippen MR) is 52.8 cm³/mol. The first-order valence-electron chi connectivity index (χ1n) is 4.17. The summed E-state index contributed by atoms with van der Waals surface area (Å²) in [5.41, 5.74) is 0.729. The van der Waals surface area contributed by atoms with Crippen molar-refractivity contribution in [3.8, 4) is 0 Å². The highest BCUT2D eigenvalue weighted by Crippen LogP contribution is 2.34. The molecule has 0 N–H and O–H groups in total. The molecular formula is C10H10ClNO. The Morgan fingerprint density at radius 3 is 2.62 bits per heavy atom. The van der Waals surface area contributed by atoms with Crippen molar-refractivity contribution in [1.29, 1.82) is 0 Å². The van der Waals surface area contributed by atoms with E-state index in [0.717, 1.165) is 5.56 Å². The van der Waals surface area contributed by atoms with E-state index in [9.17, 15) is 0 Å². The Morgan fingerprint density at radius 1 is 1.38 bits per heavy atom. The van der Waals surface area contributed by atoms with Gasteiger partial charge in [-0.3, -0.25) is 0 Å². The summed E-state index contributed by atoms with van der Waals surface area (Å²) in [6.07, 6.45) is 0.651. The molecule has 0 spiro atoms. The van der Waals surface area contributed by atoms with Gasteiger partial charge >= 0.3 is 0 Å². The van der Waals surface area contributed by atoms with E-state index in [4.69, 9.17) is 16.4 Å². The van der Waals surface area contributed by atoms with Gasteiger partial charge in [0.05, 0.1) is 6.42 Å². The SMILES string of the molecule is CC1(c2ccccc2)CC(Cl)=NO1. The van der Waals surface area contributed by atoms with Crippen LogP contribution in [-0.2, 0) is 10.4 Å². The van der Waals surface area contributed by atoms with E-state index in [0.29, 0.717) is 11.6 Å². The molecule has 2 nitrogen and oxygen atoms in total. The summed E-state index contributed by atoms with van der Waals surface area (Å²) >= 11 is 5.77. The molecule has 0 amide bonds. The molecule has 1 atom stereocenters. The van der Waals surface area contributed by atoms with E-state index in [2.05, 4.69) is 5.16 Å². The standard InChI is InChI=1S/C10H10ClNO/c1-10(7-9(11)12-13-10)8-5-3-2-4-6-8/h2-6H,7H2,1H3. The second kappa shape index (κ2) is 3.04. The van der Waals surface area contributed by atoms with Crippen LogP contribution < -0.4 is 0 Å². The van der Waals surface area contributed by atoms with Crippen LogP contribution in [0.5, 0.6) is 0 Å². The van der Waals surface area contributed by atoms with Crippen molar-refractivity contribution in [3.63, 3.8) is 0 Å². The summed E-state index contributed by atoms with van der Waals surface area (Å²) in [5.74, 6) is 0. The molecule has 1 unspecified atom stereocenters. The Hall–Kier alpha value is -1.02. The Balaban J connectivity index is 2.28. The summed E-state index contributed by atoms with van der Waals surface area (Å²) in [6.45, 7) is 1.99. The second-order valence-corrected chi connectivity index (χ2v) is 3.77. The zero-order valence-corrected chi connectivity index (χ0v) is 8.08. The number of hydrogen-bond acceptors (Lipinski definition) is 2. The molecule has 0 saturated heterocycles. The van der Waals surface area contributed by atoms with Crippen molar-refractivity contribution in [1.82, 2.24) is 0 Å². The number of halogens is 1. The largest absolute Gasteiger partial charge is 0.383 e. The van der Waals surface area contributed by atoms with Crippen LogP contribution in [0.25, 0.3) is 0 Å². The van der Waals surface area contributed by atoms with Crippen molar-refractivity contribution in [3.05, 3.63) is 35.9 Å². The van der Waals surface area contributed by atoms with Crippen LogP contribution in [-0.4, -0.2) is 5.17 Å². The number of hydrogen-bond donors (Lipinski definition) is 0. The van der Waals surface area contributed by atoms with E-state index in [1.807, 2.05) is 37.3 Å². The van der Waals surface area contributed by atoms with E-state index < -0.39 is 0 Å². The summed E-state index contributed by atoms with van der Waals surface area (Å²) < 4.78 is 0. The fourth-order valence-corrected chi connectivity index (χ4v) is 1.73. The van der Waals surface area contributed by atoms with E-state index in [1.54, 1.807) is 0 Å². The minimum Gasteiger partial charge on any atom is -0.383 e. The third-order valence-corrected chi connectivity index (χ3v) is 2.42. The summed E-state index contributed by atoms with van der Waals surface area (Å²) in [5, 5.41) is 4.28. The Morgan fingerprint density at radius 2 is 2.08 bits per heavy atom. The van der Waals surface area contributed by atoms with Crippen LogP contribution in [0.3, 0.4) is 0 Å². The molecule has 1 heterocycles. The molecule has 1 aromatic rings. The van der Waals surface area contributed by atoms with Crippen LogP contribution in [0.15, 0.2) is 35.5 Å². The Labute approximate surface area is 82.2 Å². The highest BCUT2D eigenvalue weighted by atomic mass is 35.5. The minimum atomic E-state index is -0.377. The molecule has 0 radical (unpaired) electrons. The van der Waals surface area contributed by atoms with Gasteiger partial charge in [0.15, 0.2) is 5.60 Å². The number of benzene rings is 1. The quantitative estimate of drug-likeness (QED) is 0.675. The number of oxime groups is 1. The monoisotopic (exact) mass is 195 g/mol. The molecule has 0 fully saturated rings. The van der Waals surface area contributed by atoms with Gasteiger partial charge in [0.25, 0.3) is 0 Å². The Bertz CT molecular complexity index is 336. The van der Waals surface area contributed by atoms with Crippen molar-refractivity contribution >= 4 is 16.8 Å². The van der Waals surface area contributed by atoms with Crippen molar-refractivity contribution in [2.75, 3.05) is 0 Å². The zero-order chi connectivity index (χ0) is 9.31. The van der Waals surface area contributed by atoms with Gasteiger partial charge in [0.1, 0.15) is 5.17 Å². The molecule has 0 bridgehead atoms. The van der Waals surface area contributed by atoms with Crippen molar-refractivity contribution in [2.24, 2.45) is 5.16 Å². The van der Waals surface area contributed by atoms with Crippen LogP contribution >= 0.6 is 11.6 Å². The molecule has 68 valence electrons. The predicted octanol–water partition coefficient (Wildman–Crippen LogP) is 2.87. The normalized spacial score (nSPS) is 26.8. The van der Waals surface area contributed by atoms with E-state index >= 15 is 0 Å². The van der Waals surface area contributed by atoms with E-state index in [1.165, 1.54) is 0 Å². The van der Waals surface area contributed by atoms with Gasteiger partial charge < -0.3 is 4.84 Å². The molecule has 2 rings (SSSR count). The average molecular weight is 196 g/mol. The molecule has 0 aliphatic carbocycles. The molecule has 13 heavy (non-hydrogen) atoms. The first kappa shape index (κ1) is 8.57. The second-order valence-electron chi connectivity index (χ2n) is 3.33. The fraction of sp³-hybridized carbons (Fsp3) is 0.300. The van der Waals surface area contributed by atoms with Crippen molar-refractivity contribution in [2.45, 2.75) is 18.9 Å². The van der Waals surface area contributed by atoms with Gasteiger partial charge in [-0.25, -0.2) is 0 Å². The van der Waals surface area contributed by atoms with Gasteiger partial charge in [-0.1, -0.05) is 47.1 Å². The third-order valence-electron chi connectivity index (χ3n) is 2.21. The summed E-state index contributed by atoms with van der Waals surface area (Å²) in [6, 6.07) is 9.98. The lowest BCUT2D eigenvalue weighted by molar-refractivity contribution is -0.00738. The first-order chi connectivity index (χ1) is 6.21. The first-order valence-corrected chi connectivity index (χ1v) is 4.55. The highest BCUT2D eigenvalue weighted by Gasteiger charge is 2.35. The molecule has 1 aromatic carbocycles. The highest BCUT2D eigenvalue weighted by molar-refractivity contribution is 6.65. The molecule has 0 saturated carbocycles. The average Bonchev–Trinajstić information content (AvgIpc) is 2.49. The van der Waals surface area contributed by atoms with Gasteiger partial charge in [-0.2, -0.15) is 0 Å². The maximum Gasteiger partial charge on any atom is 0.166 e. The summed E-state index contributed by atoms with van der Waals surface area (Å²) in [4.78, 5) is 5.29. The van der Waals surface area contributed by atoms with Crippen LogP contribution in [0.1, 0.15) is 18.9 Å². The molecule has 3 heteroatoms. The maximum absolute atomic E-state index is 5.77. The van der Waals surface area contributed by atoms with Gasteiger partial charge in [0, 0.05) is 0 Å². The lowest BCUT2D eigenvalue weighted by Gasteiger charge is -2.21. The smallest absolute Gasteiger partial charge is 0.166 e. The van der Waals surface area contributed by atoms with Gasteiger partial charge in [-0.05, 0) is 12.5 Å². The number of nitrogens with zero attached hydrogens (tertiary/aromatic N) is 1. The molecule has 1 aliphatic heterocycles. The van der Waals surface area contributed by atoms with Crippen LogP contribution in [0, 0.1) is 0 Å². The molecular weight excluding hydrogens is 186 g/mol. The van der Waals surface area contributed by atoms with Crippen LogP contribution in [0.4, 0.5) is 0 Å². The third kappa shape index (κ3) is 1.54. The van der Waals surface area contributed by atoms with Gasteiger partial charge in [-0.15, -0.1) is 0 Å². The number of rotatable bonds is 1. The molecule has 0 aromatic heterocycles. The fourth-order valence-electron chi connectivity index (χ4n) is 1.44. The van der Waals surface area contributed by atoms with E-state index in [-0.39, 0.29) is 5.60 Å². The van der Waals surface area contributed by atoms with Crippen molar-refractivity contribution < 1.29 is 4.84 Å². The zero-order valence-electron chi connectivity index (χ0n) is 7.33. The lowest BCUT2D eigenvalue weighted by Crippen LogP contribution is -2.20. The maximum atomic E-state index is 5.77. The van der Waals surface area contributed by atoms with Gasteiger partial charge in [0.2, 0.25) is 0 Å². The summed E-state index contributed by atoms with van der Waals surface area (Å²) in [7, 11) is 0.